The van der Waals surface area contributed by atoms with Crippen molar-refractivity contribution in [1.82, 2.24) is 18.7 Å². The van der Waals surface area contributed by atoms with Gasteiger partial charge in [0, 0.05) is 17.3 Å². The minimum atomic E-state index is -4.43. The van der Waals surface area contributed by atoms with Crippen LogP contribution in [0.1, 0.15) is 5.69 Å². The number of nitro groups is 1. The highest BCUT2D eigenvalue weighted by Gasteiger charge is 2.30. The van der Waals surface area contributed by atoms with Crippen LogP contribution >= 0.6 is 12.3 Å². The highest BCUT2D eigenvalue weighted by Crippen LogP contribution is 2.32. The Kier molecular flexibility index (Phi) is 4.14. The largest absolute Gasteiger partial charge is 0.406 e. The molecule has 132 valence electrons. The Labute approximate surface area is 141 Å². The quantitative estimate of drug-likeness (QED) is 0.390. The van der Waals surface area contributed by atoms with Crippen molar-refractivity contribution in [1.29, 1.82) is 0 Å². The number of halogens is 4. The molecule has 0 aliphatic rings. The summed E-state index contributed by atoms with van der Waals surface area (Å²) in [5.74, 6) is 0. The molecule has 0 atom stereocenters. The number of aromatic nitrogens is 4. The minimum absolute atomic E-state index is 0.0199. The molecule has 7 nitrogen and oxygen atoms in total. The van der Waals surface area contributed by atoms with Gasteiger partial charge in [0.15, 0.2) is 18.0 Å². The molecule has 12 heteroatoms. The molecule has 0 aliphatic carbocycles. The number of nitrogens with zero attached hydrogens (tertiary/aromatic N) is 5. The molecule has 0 aliphatic heterocycles. The lowest BCUT2D eigenvalue weighted by Crippen LogP contribution is -2.18. The maximum absolute atomic E-state index is 12.8. The van der Waals surface area contributed by atoms with E-state index >= 15 is 0 Å². The molecule has 0 saturated carbocycles. The number of hydrogen-bond acceptors (Lipinski definition) is 5. The molecule has 0 amide bonds. The first-order chi connectivity index (χ1) is 11.7. The van der Waals surface area contributed by atoms with Gasteiger partial charge in [-0.3, -0.25) is 15.1 Å². The third-order valence-corrected chi connectivity index (χ3v) is 3.84. The standard InChI is InChI=1S/C13H9F4N5O2S/c1-7-2-8-4-18-9(3-10(8)20(7)6-13(14,15)16)12-11(22(23)24)5-21(19-12)25-17/h2-5H,6H2,1H3. The molecule has 3 rings (SSSR count). The maximum Gasteiger partial charge on any atom is 0.406 e. The van der Waals surface area contributed by atoms with Crippen molar-refractivity contribution in [3.8, 4) is 11.4 Å². The van der Waals surface area contributed by atoms with E-state index in [1.165, 1.54) is 25.3 Å². The zero-order chi connectivity index (χ0) is 18.4. The second kappa shape index (κ2) is 6.02. The zero-order valence-electron chi connectivity index (χ0n) is 12.5. The summed E-state index contributed by atoms with van der Waals surface area (Å²) in [6.07, 6.45) is -2.26. The first-order valence-corrected chi connectivity index (χ1v) is 7.43. The summed E-state index contributed by atoms with van der Waals surface area (Å²) in [6.45, 7) is 0.310. The third-order valence-electron chi connectivity index (χ3n) is 3.51. The molecule has 0 aromatic carbocycles. The minimum Gasteiger partial charge on any atom is -0.336 e. The molecular formula is C13H9F4N5O2S. The van der Waals surface area contributed by atoms with Gasteiger partial charge in [-0.1, -0.05) is 0 Å². The summed E-state index contributed by atoms with van der Waals surface area (Å²) < 4.78 is 52.7. The lowest BCUT2D eigenvalue weighted by molar-refractivity contribution is -0.384. The molecule has 3 aromatic heterocycles. The number of fused-ring (bicyclic) bond motifs is 1. The molecule has 0 saturated heterocycles. The molecular weight excluding hydrogens is 366 g/mol. The Balaban J connectivity index is 2.17. The van der Waals surface area contributed by atoms with Crippen LogP contribution in [0.4, 0.5) is 22.7 Å². The summed E-state index contributed by atoms with van der Waals surface area (Å²) >= 11 is -0.346. The van der Waals surface area contributed by atoms with Gasteiger partial charge in [0.05, 0.1) is 16.1 Å². The van der Waals surface area contributed by atoms with Gasteiger partial charge < -0.3 is 4.57 Å². The van der Waals surface area contributed by atoms with Crippen LogP contribution in [0.2, 0.25) is 0 Å². The first-order valence-electron chi connectivity index (χ1n) is 6.76. The van der Waals surface area contributed by atoms with Gasteiger partial charge in [-0.25, -0.2) is 0 Å². The molecule has 3 aromatic rings. The predicted molar refractivity (Wildman–Crippen MR) is 82.5 cm³/mol. The summed E-state index contributed by atoms with van der Waals surface area (Å²) in [7, 11) is 0. The van der Waals surface area contributed by atoms with E-state index in [-0.39, 0.29) is 29.2 Å². The van der Waals surface area contributed by atoms with Gasteiger partial charge in [0.2, 0.25) is 0 Å². The summed E-state index contributed by atoms with van der Waals surface area (Å²) in [6, 6.07) is 2.80. The van der Waals surface area contributed by atoms with E-state index in [2.05, 4.69) is 10.1 Å². The van der Waals surface area contributed by atoms with Gasteiger partial charge in [-0.2, -0.15) is 22.4 Å². The molecule has 0 bridgehead atoms. The van der Waals surface area contributed by atoms with E-state index in [0.29, 0.717) is 15.2 Å². The highest BCUT2D eigenvalue weighted by molar-refractivity contribution is 7.92. The van der Waals surface area contributed by atoms with Crippen molar-refractivity contribution in [2.45, 2.75) is 19.6 Å². The van der Waals surface area contributed by atoms with Crippen LogP contribution in [0.25, 0.3) is 22.3 Å². The number of alkyl halides is 3. The monoisotopic (exact) mass is 375 g/mol. The second-order valence-electron chi connectivity index (χ2n) is 5.21. The van der Waals surface area contributed by atoms with Crippen molar-refractivity contribution < 1.29 is 22.0 Å². The van der Waals surface area contributed by atoms with Gasteiger partial charge in [0.1, 0.15) is 12.7 Å². The number of hydrogen-bond donors (Lipinski definition) is 0. The molecule has 0 fully saturated rings. The Morgan fingerprint density at radius 2 is 2.08 bits per heavy atom. The first kappa shape index (κ1) is 17.2. The molecule has 0 unspecified atom stereocenters. The fourth-order valence-corrected chi connectivity index (χ4v) is 2.76. The molecule has 3 heterocycles. The zero-order valence-corrected chi connectivity index (χ0v) is 13.3. The Bertz CT molecular complexity index is 965. The van der Waals surface area contributed by atoms with E-state index < -0.39 is 23.3 Å². The summed E-state index contributed by atoms with van der Waals surface area (Å²) in [5, 5.41) is 15.2. The van der Waals surface area contributed by atoms with E-state index in [9.17, 15) is 27.2 Å². The summed E-state index contributed by atoms with van der Waals surface area (Å²) in [4.78, 5) is 14.3. The number of aryl methyl sites for hydroxylation is 1. The fraction of sp³-hybridized carbons (Fsp3) is 0.231. The van der Waals surface area contributed by atoms with Crippen LogP contribution in [0.15, 0.2) is 24.5 Å². The van der Waals surface area contributed by atoms with E-state index in [1.807, 2.05) is 0 Å². The fourth-order valence-electron chi connectivity index (χ4n) is 2.51. The normalized spacial score (nSPS) is 12.0. The van der Waals surface area contributed by atoms with Crippen LogP contribution in [-0.2, 0) is 6.54 Å². The Morgan fingerprint density at radius 1 is 1.36 bits per heavy atom. The lowest BCUT2D eigenvalue weighted by Gasteiger charge is -2.11. The van der Waals surface area contributed by atoms with Crippen molar-refractivity contribution in [3.63, 3.8) is 0 Å². The second-order valence-corrected chi connectivity index (χ2v) is 5.72. The van der Waals surface area contributed by atoms with Gasteiger partial charge in [-0.15, -0.1) is 3.89 Å². The number of pyridine rings is 1. The highest BCUT2D eigenvalue weighted by atomic mass is 32.2. The van der Waals surface area contributed by atoms with Crippen molar-refractivity contribution in [2.24, 2.45) is 0 Å². The van der Waals surface area contributed by atoms with Crippen molar-refractivity contribution in [3.05, 3.63) is 40.3 Å². The smallest absolute Gasteiger partial charge is 0.336 e. The van der Waals surface area contributed by atoms with Crippen LogP contribution in [0.3, 0.4) is 0 Å². The van der Waals surface area contributed by atoms with Crippen molar-refractivity contribution >= 4 is 28.9 Å². The van der Waals surface area contributed by atoms with Crippen LogP contribution < -0.4 is 0 Å². The van der Waals surface area contributed by atoms with Gasteiger partial charge in [0.25, 0.3) is 0 Å². The van der Waals surface area contributed by atoms with E-state index in [4.69, 9.17) is 0 Å². The molecule has 0 N–H and O–H groups in total. The molecule has 25 heavy (non-hydrogen) atoms. The Morgan fingerprint density at radius 3 is 2.68 bits per heavy atom. The lowest BCUT2D eigenvalue weighted by atomic mass is 10.2. The Hall–Kier alpha value is -2.63. The van der Waals surface area contributed by atoms with E-state index in [1.54, 1.807) is 0 Å². The predicted octanol–water partition coefficient (Wildman–Crippen LogP) is 4.06. The third kappa shape index (κ3) is 3.29. The molecule has 0 spiro atoms. The van der Waals surface area contributed by atoms with Gasteiger partial charge >= 0.3 is 11.9 Å². The average Bonchev–Trinajstić information content (AvgIpc) is 3.08. The topological polar surface area (TPSA) is 78.8 Å². The maximum atomic E-state index is 12.8. The van der Waals surface area contributed by atoms with Gasteiger partial charge in [-0.05, 0) is 19.1 Å². The van der Waals surface area contributed by atoms with Crippen molar-refractivity contribution in [2.75, 3.05) is 0 Å². The SMILES string of the molecule is Cc1cc2cnc(-c3nn(SF)cc3[N+](=O)[O-])cc2n1CC(F)(F)F. The average molecular weight is 375 g/mol. The summed E-state index contributed by atoms with van der Waals surface area (Å²) in [5.41, 5.74) is -0.173. The van der Waals surface area contributed by atoms with Crippen LogP contribution in [0.5, 0.6) is 0 Å². The van der Waals surface area contributed by atoms with Crippen LogP contribution in [-0.4, -0.2) is 29.8 Å². The van der Waals surface area contributed by atoms with Crippen LogP contribution in [0, 0.1) is 17.0 Å². The van der Waals surface area contributed by atoms with E-state index in [0.717, 1.165) is 10.8 Å². The number of rotatable bonds is 4. The molecule has 0 radical (unpaired) electrons.